The molecule has 28 heavy (non-hydrogen) atoms. The van der Waals surface area contributed by atoms with Crippen LogP contribution in [0.2, 0.25) is 5.02 Å². The van der Waals surface area contributed by atoms with Crippen molar-refractivity contribution >= 4 is 38.8 Å². The van der Waals surface area contributed by atoms with Gasteiger partial charge in [-0.15, -0.1) is 4.40 Å². The van der Waals surface area contributed by atoms with Crippen molar-refractivity contribution in [2.24, 2.45) is 4.40 Å². The van der Waals surface area contributed by atoms with Gasteiger partial charge in [0.05, 0.1) is 9.82 Å². The van der Waals surface area contributed by atoms with Gasteiger partial charge in [-0.1, -0.05) is 41.9 Å². The summed E-state index contributed by atoms with van der Waals surface area (Å²) in [5.74, 6) is 0.0874. The van der Waals surface area contributed by atoms with E-state index in [1.807, 2.05) is 0 Å². The van der Waals surface area contributed by atoms with Gasteiger partial charge in [-0.05, 0) is 36.4 Å². The largest absolute Gasteiger partial charge is 0.339 e. The molecule has 0 unspecified atom stereocenters. The maximum absolute atomic E-state index is 12.7. The first kappa shape index (κ1) is 19.5. The molecule has 3 aromatic carbocycles. The minimum Gasteiger partial charge on any atom is -0.339 e. The number of rotatable bonds is 5. The van der Waals surface area contributed by atoms with Crippen LogP contribution in [0.4, 0.5) is 11.4 Å². The summed E-state index contributed by atoms with van der Waals surface area (Å²) in [4.78, 5) is 10.3. The van der Waals surface area contributed by atoms with Gasteiger partial charge in [0.1, 0.15) is 0 Å². The summed E-state index contributed by atoms with van der Waals surface area (Å²) < 4.78 is 29.3. The molecule has 142 valence electrons. The van der Waals surface area contributed by atoms with E-state index in [2.05, 4.69) is 9.71 Å². The number of non-ortho nitro benzene ring substituents is 1. The van der Waals surface area contributed by atoms with E-state index in [0.717, 1.165) is 0 Å². The molecule has 0 aliphatic rings. The fourth-order valence-electron chi connectivity index (χ4n) is 2.33. The van der Waals surface area contributed by atoms with Crippen LogP contribution in [0, 0.1) is 10.1 Å². The molecule has 0 saturated heterocycles. The number of nitrogens with zero attached hydrogens (tertiary/aromatic N) is 2. The predicted octanol–water partition coefficient (Wildman–Crippen LogP) is 4.50. The van der Waals surface area contributed by atoms with E-state index in [-0.39, 0.29) is 16.4 Å². The van der Waals surface area contributed by atoms with E-state index in [0.29, 0.717) is 16.3 Å². The van der Waals surface area contributed by atoms with Crippen LogP contribution in [-0.4, -0.2) is 19.2 Å². The summed E-state index contributed by atoms with van der Waals surface area (Å²) in [6, 6.07) is 20.0. The molecular weight excluding hydrogens is 402 g/mol. The van der Waals surface area contributed by atoms with Crippen LogP contribution in [0.3, 0.4) is 0 Å². The number of nitro benzene ring substituents is 1. The molecule has 0 atom stereocenters. The number of benzene rings is 3. The van der Waals surface area contributed by atoms with Gasteiger partial charge >= 0.3 is 0 Å². The molecule has 0 spiro atoms. The monoisotopic (exact) mass is 415 g/mol. The molecule has 0 heterocycles. The average molecular weight is 416 g/mol. The fourth-order valence-corrected chi connectivity index (χ4v) is 3.43. The van der Waals surface area contributed by atoms with Crippen LogP contribution < -0.4 is 5.32 Å². The van der Waals surface area contributed by atoms with Crippen LogP contribution >= 0.6 is 11.6 Å². The van der Waals surface area contributed by atoms with Crippen molar-refractivity contribution in [1.29, 1.82) is 0 Å². The SMILES string of the molecule is O=[N+]([O-])c1ccc(N/C(=N\S(=O)(=O)c2ccc(Cl)cc2)c2ccccc2)cc1. The molecule has 0 saturated carbocycles. The number of nitro groups is 1. The summed E-state index contributed by atoms with van der Waals surface area (Å²) in [7, 11) is -4.01. The van der Waals surface area contributed by atoms with Crippen molar-refractivity contribution in [3.63, 3.8) is 0 Å². The lowest BCUT2D eigenvalue weighted by Crippen LogP contribution is -2.16. The zero-order chi connectivity index (χ0) is 20.1. The zero-order valence-corrected chi connectivity index (χ0v) is 15.9. The number of hydrogen-bond acceptors (Lipinski definition) is 4. The Bertz CT molecular complexity index is 1110. The van der Waals surface area contributed by atoms with Crippen molar-refractivity contribution in [3.05, 3.63) is 99.6 Å². The Labute approximate surface area is 166 Å². The summed E-state index contributed by atoms with van der Waals surface area (Å²) >= 11 is 5.81. The number of halogens is 1. The second kappa shape index (κ2) is 8.20. The first-order chi connectivity index (χ1) is 13.3. The maximum atomic E-state index is 12.7. The minimum atomic E-state index is -4.01. The molecule has 0 radical (unpaired) electrons. The van der Waals surface area contributed by atoms with Crippen molar-refractivity contribution in [2.75, 3.05) is 5.32 Å². The van der Waals surface area contributed by atoms with E-state index in [9.17, 15) is 18.5 Å². The van der Waals surface area contributed by atoms with E-state index in [1.165, 1.54) is 48.5 Å². The molecule has 0 aromatic heterocycles. The third-order valence-electron chi connectivity index (χ3n) is 3.71. The first-order valence-electron chi connectivity index (χ1n) is 8.02. The van der Waals surface area contributed by atoms with E-state index in [1.54, 1.807) is 30.3 Å². The maximum Gasteiger partial charge on any atom is 0.284 e. The fraction of sp³-hybridized carbons (Fsp3) is 0. The number of sulfonamides is 1. The van der Waals surface area contributed by atoms with E-state index in [4.69, 9.17) is 11.6 Å². The zero-order valence-electron chi connectivity index (χ0n) is 14.3. The molecule has 7 nitrogen and oxygen atoms in total. The Balaban J connectivity index is 2.01. The molecular formula is C19H14ClN3O4S. The van der Waals surface area contributed by atoms with Gasteiger partial charge in [-0.2, -0.15) is 8.42 Å². The van der Waals surface area contributed by atoms with Crippen LogP contribution in [0.1, 0.15) is 5.56 Å². The van der Waals surface area contributed by atoms with Gasteiger partial charge in [-0.25, -0.2) is 0 Å². The minimum absolute atomic E-state index is 0.00386. The third-order valence-corrected chi connectivity index (χ3v) is 5.25. The normalized spacial score (nSPS) is 11.8. The molecule has 3 rings (SSSR count). The van der Waals surface area contributed by atoms with Gasteiger partial charge < -0.3 is 5.32 Å². The number of nitrogens with one attached hydrogen (secondary N) is 1. The second-order valence-electron chi connectivity index (χ2n) is 5.66. The molecule has 0 aliphatic heterocycles. The molecule has 9 heteroatoms. The van der Waals surface area contributed by atoms with Crippen molar-refractivity contribution in [1.82, 2.24) is 0 Å². The van der Waals surface area contributed by atoms with Crippen LogP contribution in [0.25, 0.3) is 0 Å². The Morgan fingerprint density at radius 2 is 1.54 bits per heavy atom. The summed E-state index contributed by atoms with van der Waals surface area (Å²) in [5.41, 5.74) is 0.926. The second-order valence-corrected chi connectivity index (χ2v) is 7.70. The standard InChI is InChI=1S/C19H14ClN3O4S/c20-15-6-12-18(13-7-15)28(26,27)22-19(14-4-2-1-3-5-14)21-16-8-10-17(11-9-16)23(24)25/h1-13H,(H,21,22). The lowest BCUT2D eigenvalue weighted by atomic mass is 10.2. The number of hydrogen-bond donors (Lipinski definition) is 1. The number of amidine groups is 1. The molecule has 0 bridgehead atoms. The van der Waals surface area contributed by atoms with Crippen molar-refractivity contribution < 1.29 is 13.3 Å². The molecule has 0 fully saturated rings. The topological polar surface area (TPSA) is 102 Å². The van der Waals surface area contributed by atoms with Gasteiger partial charge in [0.15, 0.2) is 5.84 Å². The third kappa shape index (κ3) is 4.73. The average Bonchev–Trinajstić information content (AvgIpc) is 2.69. The highest BCUT2D eigenvalue weighted by Crippen LogP contribution is 2.20. The number of anilines is 1. The van der Waals surface area contributed by atoms with Gasteiger partial charge in [-0.3, -0.25) is 10.1 Å². The quantitative estimate of drug-likeness (QED) is 0.286. The van der Waals surface area contributed by atoms with Crippen LogP contribution in [0.15, 0.2) is 88.2 Å². The van der Waals surface area contributed by atoms with Crippen molar-refractivity contribution in [3.8, 4) is 0 Å². The van der Waals surface area contributed by atoms with Crippen LogP contribution in [0.5, 0.6) is 0 Å². The Kier molecular flexibility index (Phi) is 5.72. The van der Waals surface area contributed by atoms with Gasteiger partial charge in [0.25, 0.3) is 15.7 Å². The first-order valence-corrected chi connectivity index (χ1v) is 9.84. The Hall–Kier alpha value is -3.23. The van der Waals surface area contributed by atoms with Crippen molar-refractivity contribution in [2.45, 2.75) is 4.90 Å². The molecule has 1 N–H and O–H groups in total. The predicted molar refractivity (Wildman–Crippen MR) is 108 cm³/mol. The van der Waals surface area contributed by atoms with E-state index < -0.39 is 14.9 Å². The smallest absolute Gasteiger partial charge is 0.284 e. The molecule has 0 aliphatic carbocycles. The molecule has 0 amide bonds. The highest BCUT2D eigenvalue weighted by atomic mass is 35.5. The van der Waals surface area contributed by atoms with Gasteiger partial charge in [0, 0.05) is 28.4 Å². The highest BCUT2D eigenvalue weighted by Gasteiger charge is 2.16. The Morgan fingerprint density at radius 3 is 2.11 bits per heavy atom. The summed E-state index contributed by atoms with van der Waals surface area (Å²) in [5, 5.41) is 14.1. The van der Waals surface area contributed by atoms with Gasteiger partial charge in [0.2, 0.25) is 0 Å². The van der Waals surface area contributed by atoms with Crippen LogP contribution in [-0.2, 0) is 10.0 Å². The molecule has 3 aromatic rings. The Morgan fingerprint density at radius 1 is 0.929 bits per heavy atom. The summed E-state index contributed by atoms with van der Waals surface area (Å²) in [6.07, 6.45) is 0. The lowest BCUT2D eigenvalue weighted by Gasteiger charge is -2.10. The lowest BCUT2D eigenvalue weighted by molar-refractivity contribution is -0.384. The van der Waals surface area contributed by atoms with E-state index >= 15 is 0 Å². The summed E-state index contributed by atoms with van der Waals surface area (Å²) in [6.45, 7) is 0. The highest BCUT2D eigenvalue weighted by molar-refractivity contribution is 7.90.